The average molecular weight is 403 g/mol. The largest absolute Gasteiger partial charge is 0.497 e. The number of hydrogen-bond donors (Lipinski definition) is 1. The Morgan fingerprint density at radius 2 is 2.04 bits per heavy atom. The van der Waals surface area contributed by atoms with Crippen LogP contribution < -0.4 is 15.0 Å². The number of nitrogens with zero attached hydrogens (tertiary/aromatic N) is 1. The van der Waals surface area contributed by atoms with E-state index in [2.05, 4.69) is 21.2 Å². The Labute approximate surface area is 155 Å². The Morgan fingerprint density at radius 1 is 1.28 bits per heavy atom. The Morgan fingerprint density at radius 3 is 2.76 bits per heavy atom. The summed E-state index contributed by atoms with van der Waals surface area (Å²) < 4.78 is 6.13. The summed E-state index contributed by atoms with van der Waals surface area (Å²) in [7, 11) is 1.61. The second-order valence-corrected chi connectivity index (χ2v) is 6.87. The van der Waals surface area contributed by atoms with Crippen LogP contribution in [0.3, 0.4) is 0 Å². The van der Waals surface area contributed by atoms with Crippen molar-refractivity contribution in [1.82, 2.24) is 5.32 Å². The van der Waals surface area contributed by atoms with Crippen molar-refractivity contribution < 1.29 is 14.3 Å². The maximum Gasteiger partial charge on any atom is 0.227 e. The normalized spacial score (nSPS) is 16.8. The van der Waals surface area contributed by atoms with Gasteiger partial charge in [-0.25, -0.2) is 0 Å². The SMILES string of the molecule is COc1cccc(CNC(=O)[C@@H]2CC(=O)N(c3ccc(Br)cc3)C2)c1. The third-order valence-corrected chi connectivity index (χ3v) is 4.76. The number of benzene rings is 2. The van der Waals surface area contributed by atoms with Crippen LogP contribution in [0.25, 0.3) is 0 Å². The van der Waals surface area contributed by atoms with Crippen LogP contribution in [0.5, 0.6) is 5.75 Å². The quantitative estimate of drug-likeness (QED) is 0.835. The number of halogens is 1. The van der Waals surface area contributed by atoms with Crippen molar-refractivity contribution in [2.75, 3.05) is 18.6 Å². The molecular formula is C19H19BrN2O3. The summed E-state index contributed by atoms with van der Waals surface area (Å²) in [4.78, 5) is 26.3. The number of carbonyl (C=O) groups is 2. The Balaban J connectivity index is 1.59. The molecule has 1 saturated heterocycles. The molecule has 0 unspecified atom stereocenters. The zero-order chi connectivity index (χ0) is 17.8. The van der Waals surface area contributed by atoms with Gasteiger partial charge in [-0.15, -0.1) is 0 Å². The molecule has 25 heavy (non-hydrogen) atoms. The summed E-state index contributed by atoms with van der Waals surface area (Å²) in [5.74, 6) is 0.297. The fourth-order valence-electron chi connectivity index (χ4n) is 2.87. The van der Waals surface area contributed by atoms with Gasteiger partial charge in [0.2, 0.25) is 11.8 Å². The monoisotopic (exact) mass is 402 g/mol. The van der Waals surface area contributed by atoms with Crippen molar-refractivity contribution in [2.45, 2.75) is 13.0 Å². The second-order valence-electron chi connectivity index (χ2n) is 5.95. The van der Waals surface area contributed by atoms with E-state index in [1.807, 2.05) is 48.5 Å². The van der Waals surface area contributed by atoms with Crippen LogP contribution in [0.15, 0.2) is 53.0 Å². The topological polar surface area (TPSA) is 58.6 Å². The van der Waals surface area contributed by atoms with E-state index < -0.39 is 0 Å². The number of methoxy groups -OCH3 is 1. The number of nitrogens with one attached hydrogen (secondary N) is 1. The maximum absolute atomic E-state index is 12.4. The van der Waals surface area contributed by atoms with Gasteiger partial charge in [0.05, 0.1) is 13.0 Å². The van der Waals surface area contributed by atoms with E-state index in [9.17, 15) is 9.59 Å². The van der Waals surface area contributed by atoms with Crippen LogP contribution in [-0.2, 0) is 16.1 Å². The number of ether oxygens (including phenoxy) is 1. The number of hydrogen-bond acceptors (Lipinski definition) is 3. The van der Waals surface area contributed by atoms with E-state index in [0.717, 1.165) is 21.5 Å². The van der Waals surface area contributed by atoms with Gasteiger partial charge in [-0.05, 0) is 42.0 Å². The first-order chi connectivity index (χ1) is 12.1. The first-order valence-corrected chi connectivity index (χ1v) is 8.82. The summed E-state index contributed by atoms with van der Waals surface area (Å²) in [5, 5.41) is 2.91. The van der Waals surface area contributed by atoms with Gasteiger partial charge >= 0.3 is 0 Å². The molecule has 5 nitrogen and oxygen atoms in total. The highest BCUT2D eigenvalue weighted by atomic mass is 79.9. The van der Waals surface area contributed by atoms with Gasteiger partial charge in [0.1, 0.15) is 5.75 Å². The lowest BCUT2D eigenvalue weighted by atomic mass is 10.1. The predicted octanol–water partition coefficient (Wildman–Crippen LogP) is 3.13. The molecule has 1 aliphatic rings. The van der Waals surface area contributed by atoms with Gasteiger partial charge in [0.25, 0.3) is 0 Å². The van der Waals surface area contributed by atoms with Crippen molar-refractivity contribution in [1.29, 1.82) is 0 Å². The molecule has 1 aliphatic heterocycles. The van der Waals surface area contributed by atoms with Crippen LogP contribution in [0.4, 0.5) is 5.69 Å². The predicted molar refractivity (Wildman–Crippen MR) is 99.4 cm³/mol. The van der Waals surface area contributed by atoms with Gasteiger partial charge in [0.15, 0.2) is 0 Å². The molecule has 0 spiro atoms. The Bertz CT molecular complexity index is 776. The fourth-order valence-corrected chi connectivity index (χ4v) is 3.13. The molecule has 0 radical (unpaired) electrons. The molecule has 1 N–H and O–H groups in total. The van der Waals surface area contributed by atoms with Crippen molar-refractivity contribution in [3.8, 4) is 5.75 Å². The lowest BCUT2D eigenvalue weighted by Crippen LogP contribution is -2.32. The number of amides is 2. The standard InChI is InChI=1S/C19H19BrN2O3/c1-25-17-4-2-3-13(9-17)11-21-19(24)14-10-18(23)22(12-14)16-7-5-15(20)6-8-16/h2-9,14H,10-12H2,1H3,(H,21,24)/t14-/m1/s1. The van der Waals surface area contributed by atoms with E-state index in [1.54, 1.807) is 12.0 Å². The minimum absolute atomic E-state index is 0.0242. The fraction of sp³-hybridized carbons (Fsp3) is 0.263. The molecule has 2 aromatic rings. The van der Waals surface area contributed by atoms with Gasteiger partial charge in [-0.3, -0.25) is 9.59 Å². The molecule has 3 rings (SSSR count). The van der Waals surface area contributed by atoms with Gasteiger partial charge < -0.3 is 15.0 Å². The van der Waals surface area contributed by atoms with Gasteiger partial charge in [-0.1, -0.05) is 28.1 Å². The third kappa shape index (κ3) is 4.20. The molecule has 6 heteroatoms. The molecule has 2 aromatic carbocycles. The highest BCUT2D eigenvalue weighted by molar-refractivity contribution is 9.10. The number of rotatable bonds is 5. The van der Waals surface area contributed by atoms with Gasteiger partial charge in [0, 0.05) is 29.7 Å². The number of anilines is 1. The number of carbonyl (C=O) groups excluding carboxylic acids is 2. The van der Waals surface area contributed by atoms with E-state index in [-0.39, 0.29) is 24.2 Å². The molecule has 0 aromatic heterocycles. The van der Waals surface area contributed by atoms with Crippen molar-refractivity contribution in [3.05, 3.63) is 58.6 Å². The lowest BCUT2D eigenvalue weighted by molar-refractivity contribution is -0.126. The molecule has 130 valence electrons. The Hall–Kier alpha value is -2.34. The zero-order valence-corrected chi connectivity index (χ0v) is 15.5. The molecule has 1 fully saturated rings. The summed E-state index contributed by atoms with van der Waals surface area (Å²) in [5.41, 5.74) is 1.78. The summed E-state index contributed by atoms with van der Waals surface area (Å²) in [6.45, 7) is 0.823. The highest BCUT2D eigenvalue weighted by Gasteiger charge is 2.34. The lowest BCUT2D eigenvalue weighted by Gasteiger charge is -2.17. The smallest absolute Gasteiger partial charge is 0.227 e. The van der Waals surface area contributed by atoms with Crippen molar-refractivity contribution in [2.24, 2.45) is 5.92 Å². The van der Waals surface area contributed by atoms with Crippen LogP contribution in [0, 0.1) is 5.92 Å². The van der Waals surface area contributed by atoms with Crippen molar-refractivity contribution in [3.63, 3.8) is 0 Å². The van der Waals surface area contributed by atoms with Crippen LogP contribution >= 0.6 is 15.9 Å². The van der Waals surface area contributed by atoms with E-state index in [0.29, 0.717) is 13.1 Å². The molecule has 1 atom stereocenters. The third-order valence-electron chi connectivity index (χ3n) is 4.24. The van der Waals surface area contributed by atoms with Crippen molar-refractivity contribution >= 4 is 33.4 Å². The van der Waals surface area contributed by atoms with Crippen LogP contribution in [0.1, 0.15) is 12.0 Å². The first kappa shape index (κ1) is 17.5. The zero-order valence-electron chi connectivity index (χ0n) is 13.9. The highest BCUT2D eigenvalue weighted by Crippen LogP contribution is 2.26. The first-order valence-electron chi connectivity index (χ1n) is 8.03. The molecule has 2 amide bonds. The molecular weight excluding hydrogens is 384 g/mol. The van der Waals surface area contributed by atoms with E-state index in [1.165, 1.54) is 0 Å². The molecule has 1 heterocycles. The summed E-state index contributed by atoms with van der Waals surface area (Å²) >= 11 is 3.38. The van der Waals surface area contributed by atoms with Gasteiger partial charge in [-0.2, -0.15) is 0 Å². The van der Waals surface area contributed by atoms with E-state index >= 15 is 0 Å². The van der Waals surface area contributed by atoms with Crippen LogP contribution in [0.2, 0.25) is 0 Å². The minimum atomic E-state index is -0.332. The molecule has 0 saturated carbocycles. The maximum atomic E-state index is 12.4. The molecule has 0 aliphatic carbocycles. The summed E-state index contributed by atoms with van der Waals surface area (Å²) in [6, 6.07) is 15.1. The van der Waals surface area contributed by atoms with Crippen LogP contribution in [-0.4, -0.2) is 25.5 Å². The second kappa shape index (κ2) is 7.70. The molecule has 0 bridgehead atoms. The summed E-state index contributed by atoms with van der Waals surface area (Å²) in [6.07, 6.45) is 0.236. The minimum Gasteiger partial charge on any atom is -0.497 e. The van der Waals surface area contributed by atoms with E-state index in [4.69, 9.17) is 4.74 Å². The average Bonchev–Trinajstić information content (AvgIpc) is 3.02. The Kier molecular flexibility index (Phi) is 5.38.